The fourth-order valence-corrected chi connectivity index (χ4v) is 3.29. The fraction of sp³-hybridized carbons (Fsp3) is 0.0833. The molecule has 4 aromatic rings. The summed E-state index contributed by atoms with van der Waals surface area (Å²) in [6.45, 7) is 2.21. The van der Waals surface area contributed by atoms with E-state index in [4.69, 9.17) is 0 Å². The Balaban J connectivity index is 2.02. The zero-order chi connectivity index (χ0) is 16.4. The van der Waals surface area contributed by atoms with Crippen molar-refractivity contribution in [3.63, 3.8) is 0 Å². The summed E-state index contributed by atoms with van der Waals surface area (Å²) in [5, 5.41) is 2.63. The number of hydrogen-bond donors (Lipinski definition) is 0. The predicted molar refractivity (Wildman–Crippen MR) is 104 cm³/mol. The Morgan fingerprint density at radius 3 is 1.92 bits per heavy atom. The predicted octanol–water partition coefficient (Wildman–Crippen LogP) is 6.74. The average molecular weight is 308 g/mol. The Bertz CT molecular complexity index is 967. The molecule has 0 aromatic heterocycles. The molecule has 0 nitrogen and oxygen atoms in total. The minimum absolute atomic E-state index is 1.06. The summed E-state index contributed by atoms with van der Waals surface area (Å²) in [4.78, 5) is 0. The molecule has 4 aromatic carbocycles. The molecule has 0 unspecified atom stereocenters. The van der Waals surface area contributed by atoms with E-state index in [2.05, 4.69) is 97.9 Å². The highest BCUT2D eigenvalue weighted by Gasteiger charge is 2.08. The van der Waals surface area contributed by atoms with Gasteiger partial charge in [-0.1, -0.05) is 85.8 Å². The van der Waals surface area contributed by atoms with Crippen LogP contribution in [-0.4, -0.2) is 0 Å². The van der Waals surface area contributed by atoms with Crippen molar-refractivity contribution in [1.29, 1.82) is 0 Å². The summed E-state index contributed by atoms with van der Waals surface area (Å²) in [6.07, 6.45) is 1.06. The molecule has 0 heteroatoms. The van der Waals surface area contributed by atoms with E-state index in [1.807, 2.05) is 0 Å². The van der Waals surface area contributed by atoms with Crippen molar-refractivity contribution in [3.05, 3.63) is 96.6 Å². The van der Waals surface area contributed by atoms with E-state index < -0.39 is 0 Å². The summed E-state index contributed by atoms with van der Waals surface area (Å²) in [7, 11) is 0. The van der Waals surface area contributed by atoms with Gasteiger partial charge < -0.3 is 0 Å². The Kier molecular flexibility index (Phi) is 3.88. The smallest absolute Gasteiger partial charge is 0.00992 e. The van der Waals surface area contributed by atoms with Crippen LogP contribution in [0.4, 0.5) is 0 Å². The quantitative estimate of drug-likeness (QED) is 0.393. The van der Waals surface area contributed by atoms with Gasteiger partial charge in [0.15, 0.2) is 0 Å². The lowest BCUT2D eigenvalue weighted by Crippen LogP contribution is -1.87. The van der Waals surface area contributed by atoms with Crippen LogP contribution in [0.5, 0.6) is 0 Å². The molecule has 0 saturated carbocycles. The molecule has 0 atom stereocenters. The minimum Gasteiger partial charge on any atom is -0.0622 e. The lowest BCUT2D eigenvalue weighted by atomic mass is 9.92. The maximum Gasteiger partial charge on any atom is -0.00992 e. The van der Waals surface area contributed by atoms with Crippen LogP contribution in [0.2, 0.25) is 0 Å². The Morgan fingerprint density at radius 1 is 0.583 bits per heavy atom. The van der Waals surface area contributed by atoms with Gasteiger partial charge in [0, 0.05) is 0 Å². The second-order valence-corrected chi connectivity index (χ2v) is 6.16. The van der Waals surface area contributed by atoms with E-state index in [1.165, 1.54) is 38.6 Å². The first-order chi connectivity index (χ1) is 11.8. The third-order valence-corrected chi connectivity index (χ3v) is 4.62. The van der Waals surface area contributed by atoms with Crippen LogP contribution in [0.25, 0.3) is 33.0 Å². The van der Waals surface area contributed by atoms with E-state index in [1.54, 1.807) is 0 Å². The van der Waals surface area contributed by atoms with Crippen LogP contribution < -0.4 is 0 Å². The molecule has 116 valence electrons. The summed E-state index contributed by atoms with van der Waals surface area (Å²) in [6, 6.07) is 32.8. The van der Waals surface area contributed by atoms with Gasteiger partial charge in [-0.2, -0.15) is 0 Å². The van der Waals surface area contributed by atoms with Crippen molar-refractivity contribution in [3.8, 4) is 22.3 Å². The van der Waals surface area contributed by atoms with Crippen LogP contribution in [0.3, 0.4) is 0 Å². The normalized spacial score (nSPS) is 10.9. The van der Waals surface area contributed by atoms with Gasteiger partial charge >= 0.3 is 0 Å². The van der Waals surface area contributed by atoms with Gasteiger partial charge in [-0.25, -0.2) is 0 Å². The van der Waals surface area contributed by atoms with Gasteiger partial charge in [-0.05, 0) is 57.1 Å². The molecule has 0 radical (unpaired) electrons. The van der Waals surface area contributed by atoms with Crippen molar-refractivity contribution in [2.45, 2.75) is 13.3 Å². The first-order valence-electron chi connectivity index (χ1n) is 8.52. The van der Waals surface area contributed by atoms with Gasteiger partial charge in [-0.3, -0.25) is 0 Å². The van der Waals surface area contributed by atoms with Crippen LogP contribution in [0.15, 0.2) is 91.0 Å². The van der Waals surface area contributed by atoms with E-state index in [0.717, 1.165) is 6.42 Å². The monoisotopic (exact) mass is 308 g/mol. The zero-order valence-corrected chi connectivity index (χ0v) is 13.9. The van der Waals surface area contributed by atoms with Crippen molar-refractivity contribution in [1.82, 2.24) is 0 Å². The molecule has 24 heavy (non-hydrogen) atoms. The third kappa shape index (κ3) is 2.72. The molecule has 0 fully saturated rings. The molecular formula is C24H20. The SMILES string of the molecule is CCc1ccc2c(-c3ccccc3)cc(-c3ccccc3)cc2c1. The Morgan fingerprint density at radius 2 is 1.25 bits per heavy atom. The molecule has 0 aliphatic heterocycles. The topological polar surface area (TPSA) is 0 Å². The van der Waals surface area contributed by atoms with Gasteiger partial charge in [0.25, 0.3) is 0 Å². The number of aryl methyl sites for hydroxylation is 1. The van der Waals surface area contributed by atoms with Gasteiger partial charge in [-0.15, -0.1) is 0 Å². The molecule has 0 N–H and O–H groups in total. The van der Waals surface area contributed by atoms with Crippen molar-refractivity contribution >= 4 is 10.8 Å². The number of hydrogen-bond acceptors (Lipinski definition) is 0. The molecule has 0 aliphatic carbocycles. The third-order valence-electron chi connectivity index (χ3n) is 4.62. The van der Waals surface area contributed by atoms with Gasteiger partial charge in [0.2, 0.25) is 0 Å². The van der Waals surface area contributed by atoms with Crippen LogP contribution in [0.1, 0.15) is 12.5 Å². The molecule has 0 bridgehead atoms. The fourth-order valence-electron chi connectivity index (χ4n) is 3.29. The summed E-state index contributed by atoms with van der Waals surface area (Å²) >= 11 is 0. The maximum atomic E-state index is 2.33. The van der Waals surface area contributed by atoms with Crippen LogP contribution >= 0.6 is 0 Å². The number of rotatable bonds is 3. The first-order valence-corrected chi connectivity index (χ1v) is 8.52. The first kappa shape index (κ1) is 14.7. The van der Waals surface area contributed by atoms with Crippen LogP contribution in [0, 0.1) is 0 Å². The molecule has 0 saturated heterocycles. The molecule has 0 heterocycles. The van der Waals surface area contributed by atoms with Gasteiger partial charge in [0.05, 0.1) is 0 Å². The maximum absolute atomic E-state index is 2.33. The minimum atomic E-state index is 1.06. The van der Waals surface area contributed by atoms with E-state index >= 15 is 0 Å². The standard InChI is InChI=1S/C24H20/c1-2-18-13-14-23-22(15-18)16-21(19-9-5-3-6-10-19)17-24(23)20-11-7-4-8-12-20/h3-17H,2H2,1H3. The highest BCUT2D eigenvalue weighted by molar-refractivity contribution is 6.00. The van der Waals surface area contributed by atoms with Crippen molar-refractivity contribution < 1.29 is 0 Å². The van der Waals surface area contributed by atoms with E-state index in [9.17, 15) is 0 Å². The largest absolute Gasteiger partial charge is 0.0622 e. The summed E-state index contributed by atoms with van der Waals surface area (Å²) < 4.78 is 0. The highest BCUT2D eigenvalue weighted by Crippen LogP contribution is 2.34. The number of fused-ring (bicyclic) bond motifs is 1. The highest BCUT2D eigenvalue weighted by atomic mass is 14.1. The molecule has 0 amide bonds. The average Bonchev–Trinajstić information content (AvgIpc) is 2.68. The summed E-state index contributed by atoms with van der Waals surface area (Å²) in [5.74, 6) is 0. The van der Waals surface area contributed by atoms with Crippen molar-refractivity contribution in [2.75, 3.05) is 0 Å². The van der Waals surface area contributed by atoms with E-state index in [0.29, 0.717) is 0 Å². The lowest BCUT2D eigenvalue weighted by Gasteiger charge is -2.12. The Hall–Kier alpha value is -2.86. The molecular weight excluding hydrogens is 288 g/mol. The molecule has 0 spiro atoms. The number of benzene rings is 4. The second-order valence-electron chi connectivity index (χ2n) is 6.16. The van der Waals surface area contributed by atoms with Gasteiger partial charge in [0.1, 0.15) is 0 Å². The molecule has 0 aliphatic rings. The zero-order valence-electron chi connectivity index (χ0n) is 13.9. The van der Waals surface area contributed by atoms with Crippen molar-refractivity contribution in [2.24, 2.45) is 0 Å². The molecule has 4 rings (SSSR count). The van der Waals surface area contributed by atoms with Crippen LogP contribution in [-0.2, 0) is 6.42 Å². The Labute approximate surface area is 143 Å². The second kappa shape index (κ2) is 6.33. The lowest BCUT2D eigenvalue weighted by molar-refractivity contribution is 1.15. The van der Waals surface area contributed by atoms with E-state index in [-0.39, 0.29) is 0 Å². The summed E-state index contributed by atoms with van der Waals surface area (Å²) in [5.41, 5.74) is 6.49.